The van der Waals surface area contributed by atoms with Crippen molar-refractivity contribution in [3.8, 4) is 11.5 Å². The minimum atomic E-state index is -3.35. The van der Waals surface area contributed by atoms with Crippen LogP contribution in [0, 0.1) is 0 Å². The largest absolute Gasteiger partial charge is 0.456 e. The van der Waals surface area contributed by atoms with Gasteiger partial charge in [0.15, 0.2) is 9.84 Å². The highest BCUT2D eigenvalue weighted by Gasteiger charge is 2.16. The third-order valence-electron chi connectivity index (χ3n) is 2.76. The van der Waals surface area contributed by atoms with Crippen LogP contribution in [0.15, 0.2) is 53.4 Å². The molecule has 0 heterocycles. The highest BCUT2D eigenvalue weighted by atomic mass is 32.2. The molecular weight excluding hydrogens is 274 g/mol. The van der Waals surface area contributed by atoms with Crippen LogP contribution < -0.4 is 10.1 Å². The van der Waals surface area contributed by atoms with Crippen molar-refractivity contribution >= 4 is 9.84 Å². The van der Waals surface area contributed by atoms with Gasteiger partial charge in [-0.1, -0.05) is 24.3 Å². The summed E-state index contributed by atoms with van der Waals surface area (Å²) in [6, 6.07) is 14.3. The van der Waals surface area contributed by atoms with Crippen LogP contribution >= 0.6 is 0 Å². The average molecular weight is 291 g/mol. The summed E-state index contributed by atoms with van der Waals surface area (Å²) >= 11 is 0. The molecule has 0 aromatic heterocycles. The van der Waals surface area contributed by atoms with Crippen LogP contribution in [0.3, 0.4) is 0 Å². The van der Waals surface area contributed by atoms with Crippen molar-refractivity contribution < 1.29 is 13.2 Å². The zero-order chi connectivity index (χ0) is 14.6. The lowest BCUT2D eigenvalue weighted by molar-refractivity contribution is 0.467. The fraction of sp³-hybridized carbons (Fsp3) is 0.200. The summed E-state index contributed by atoms with van der Waals surface area (Å²) < 4.78 is 29.5. The summed E-state index contributed by atoms with van der Waals surface area (Å²) in [5.74, 6) is 0.956. The zero-order valence-corrected chi connectivity index (χ0v) is 12.3. The molecular formula is C15H17NO3S. The normalized spacial score (nSPS) is 11.3. The summed E-state index contributed by atoms with van der Waals surface area (Å²) in [7, 11) is -1.53. The van der Waals surface area contributed by atoms with Crippen molar-refractivity contribution in [2.24, 2.45) is 0 Å². The molecule has 0 saturated heterocycles. The maximum atomic E-state index is 11.9. The third-order valence-corrected chi connectivity index (χ3v) is 3.88. The maximum Gasteiger partial charge on any atom is 0.179 e. The third kappa shape index (κ3) is 3.59. The Bertz CT molecular complexity index is 682. The Kier molecular flexibility index (Phi) is 4.42. The van der Waals surface area contributed by atoms with Gasteiger partial charge in [-0.2, -0.15) is 0 Å². The first kappa shape index (κ1) is 14.6. The molecule has 0 fully saturated rings. The van der Waals surface area contributed by atoms with Crippen molar-refractivity contribution in [3.05, 3.63) is 54.1 Å². The van der Waals surface area contributed by atoms with Gasteiger partial charge in [0, 0.05) is 12.8 Å². The Morgan fingerprint density at radius 1 is 1.10 bits per heavy atom. The zero-order valence-electron chi connectivity index (χ0n) is 11.5. The predicted octanol–water partition coefficient (Wildman–Crippen LogP) is 2.60. The van der Waals surface area contributed by atoms with E-state index in [0.717, 1.165) is 5.56 Å². The van der Waals surface area contributed by atoms with E-state index in [-0.39, 0.29) is 4.90 Å². The lowest BCUT2D eigenvalue weighted by atomic mass is 10.2. The lowest BCUT2D eigenvalue weighted by Gasteiger charge is -2.11. The summed E-state index contributed by atoms with van der Waals surface area (Å²) in [6.07, 6.45) is 1.18. The molecule has 5 heteroatoms. The smallest absolute Gasteiger partial charge is 0.179 e. The number of para-hydroxylation sites is 1. The Morgan fingerprint density at radius 2 is 1.80 bits per heavy atom. The second-order valence-electron chi connectivity index (χ2n) is 4.50. The highest BCUT2D eigenvalue weighted by Crippen LogP contribution is 2.29. The number of hydrogen-bond acceptors (Lipinski definition) is 4. The number of ether oxygens (including phenoxy) is 1. The minimum Gasteiger partial charge on any atom is -0.456 e. The van der Waals surface area contributed by atoms with E-state index in [0.29, 0.717) is 18.0 Å². The van der Waals surface area contributed by atoms with Crippen LogP contribution in [0.25, 0.3) is 0 Å². The molecule has 2 rings (SSSR count). The quantitative estimate of drug-likeness (QED) is 0.920. The molecule has 0 unspecified atom stereocenters. The molecule has 0 radical (unpaired) electrons. The molecule has 2 aromatic rings. The standard InChI is InChI=1S/C15H17NO3S/c1-16-11-12-8-9-14(15(10-12)20(2,17)18)19-13-6-4-3-5-7-13/h3-10,16H,11H2,1-2H3. The Balaban J connectivity index is 2.42. The molecule has 0 aliphatic carbocycles. The van der Waals surface area contributed by atoms with E-state index in [1.165, 1.54) is 6.26 Å². The average Bonchev–Trinajstić information content (AvgIpc) is 2.41. The van der Waals surface area contributed by atoms with Crippen LogP contribution in [0.5, 0.6) is 11.5 Å². The van der Waals surface area contributed by atoms with Crippen molar-refractivity contribution in [2.75, 3.05) is 13.3 Å². The molecule has 0 saturated carbocycles. The molecule has 0 spiro atoms. The number of hydrogen-bond donors (Lipinski definition) is 1. The van der Waals surface area contributed by atoms with Gasteiger partial charge in [-0.15, -0.1) is 0 Å². The van der Waals surface area contributed by atoms with Crippen LogP contribution in [-0.2, 0) is 16.4 Å². The minimum absolute atomic E-state index is 0.203. The SMILES string of the molecule is CNCc1ccc(Oc2ccccc2)c(S(C)(=O)=O)c1. The van der Waals surface area contributed by atoms with Gasteiger partial charge in [-0.05, 0) is 36.9 Å². The molecule has 0 atom stereocenters. The Labute approximate surface area is 119 Å². The van der Waals surface area contributed by atoms with Crippen molar-refractivity contribution in [2.45, 2.75) is 11.4 Å². The van der Waals surface area contributed by atoms with Gasteiger partial charge in [0.1, 0.15) is 16.4 Å². The van der Waals surface area contributed by atoms with Gasteiger partial charge >= 0.3 is 0 Å². The summed E-state index contributed by atoms with van der Waals surface area (Å²) in [6.45, 7) is 0.605. The van der Waals surface area contributed by atoms with Gasteiger partial charge in [-0.25, -0.2) is 8.42 Å². The summed E-state index contributed by atoms with van der Waals surface area (Å²) in [4.78, 5) is 0.203. The van der Waals surface area contributed by atoms with Crippen LogP contribution in [0.4, 0.5) is 0 Å². The topological polar surface area (TPSA) is 55.4 Å². The molecule has 2 aromatic carbocycles. The Hall–Kier alpha value is -1.85. The van der Waals surface area contributed by atoms with Crippen molar-refractivity contribution in [1.82, 2.24) is 5.32 Å². The predicted molar refractivity (Wildman–Crippen MR) is 78.8 cm³/mol. The second-order valence-corrected chi connectivity index (χ2v) is 6.48. The fourth-order valence-electron chi connectivity index (χ4n) is 1.86. The van der Waals surface area contributed by atoms with Gasteiger partial charge in [0.2, 0.25) is 0 Å². The van der Waals surface area contributed by atoms with Gasteiger partial charge < -0.3 is 10.1 Å². The number of nitrogens with one attached hydrogen (secondary N) is 1. The number of rotatable bonds is 5. The lowest BCUT2D eigenvalue weighted by Crippen LogP contribution is -2.07. The van der Waals surface area contributed by atoms with E-state index < -0.39 is 9.84 Å². The molecule has 20 heavy (non-hydrogen) atoms. The van der Waals surface area contributed by atoms with Gasteiger partial charge in [0.25, 0.3) is 0 Å². The molecule has 0 aliphatic heterocycles. The van der Waals surface area contributed by atoms with Crippen molar-refractivity contribution in [3.63, 3.8) is 0 Å². The van der Waals surface area contributed by atoms with E-state index in [1.54, 1.807) is 24.3 Å². The molecule has 106 valence electrons. The molecule has 0 bridgehead atoms. The fourth-order valence-corrected chi connectivity index (χ4v) is 2.70. The maximum absolute atomic E-state index is 11.9. The van der Waals surface area contributed by atoms with E-state index in [4.69, 9.17) is 4.74 Å². The Morgan fingerprint density at radius 3 is 2.40 bits per heavy atom. The van der Waals surface area contributed by atoms with E-state index >= 15 is 0 Å². The first-order valence-corrected chi connectivity index (χ1v) is 8.10. The highest BCUT2D eigenvalue weighted by molar-refractivity contribution is 7.90. The molecule has 0 amide bonds. The number of benzene rings is 2. The number of sulfone groups is 1. The van der Waals surface area contributed by atoms with E-state index in [9.17, 15) is 8.42 Å². The van der Waals surface area contributed by atoms with Crippen LogP contribution in [0.2, 0.25) is 0 Å². The molecule has 0 aliphatic rings. The molecule has 4 nitrogen and oxygen atoms in total. The van der Waals surface area contributed by atoms with Crippen LogP contribution in [-0.4, -0.2) is 21.7 Å². The second kappa shape index (κ2) is 6.07. The van der Waals surface area contributed by atoms with Crippen LogP contribution in [0.1, 0.15) is 5.56 Å². The van der Waals surface area contributed by atoms with E-state index in [1.807, 2.05) is 31.3 Å². The molecule has 1 N–H and O–H groups in total. The summed E-state index contributed by atoms with van der Waals surface area (Å²) in [5.41, 5.74) is 0.897. The summed E-state index contributed by atoms with van der Waals surface area (Å²) in [5, 5.41) is 3.00. The van der Waals surface area contributed by atoms with Crippen molar-refractivity contribution in [1.29, 1.82) is 0 Å². The monoisotopic (exact) mass is 291 g/mol. The van der Waals surface area contributed by atoms with Gasteiger partial charge in [0.05, 0.1) is 0 Å². The van der Waals surface area contributed by atoms with Gasteiger partial charge in [-0.3, -0.25) is 0 Å². The first-order valence-electron chi connectivity index (χ1n) is 6.21. The van der Waals surface area contributed by atoms with E-state index in [2.05, 4.69) is 5.32 Å². The first-order chi connectivity index (χ1) is 9.50.